The second-order valence-corrected chi connectivity index (χ2v) is 9.06. The van der Waals surface area contributed by atoms with Crippen molar-refractivity contribution in [1.82, 2.24) is 14.3 Å². The molecular formula is C27H27F3N4O4. The fourth-order valence-electron chi connectivity index (χ4n) is 4.92. The van der Waals surface area contributed by atoms with Crippen LogP contribution in [0, 0.1) is 0 Å². The lowest BCUT2D eigenvalue weighted by Crippen LogP contribution is -2.27. The minimum absolute atomic E-state index is 0.0869. The third-order valence-corrected chi connectivity index (χ3v) is 6.77. The zero-order valence-corrected chi connectivity index (χ0v) is 21.0. The van der Waals surface area contributed by atoms with Gasteiger partial charge >= 0.3 is 6.18 Å². The Bertz CT molecular complexity index is 1520. The first-order valence-corrected chi connectivity index (χ1v) is 12.2. The minimum atomic E-state index is -4.72. The van der Waals surface area contributed by atoms with Crippen LogP contribution in [0.2, 0.25) is 0 Å². The Balaban J connectivity index is 1.84. The molecule has 1 N–H and O–H groups in total. The molecule has 11 heteroatoms. The third kappa shape index (κ3) is 4.58. The molecule has 1 aliphatic rings. The van der Waals surface area contributed by atoms with Crippen LogP contribution in [0.15, 0.2) is 53.5 Å². The van der Waals surface area contributed by atoms with E-state index < -0.39 is 17.3 Å². The highest BCUT2D eigenvalue weighted by atomic mass is 19.4. The van der Waals surface area contributed by atoms with Gasteiger partial charge in [-0.1, -0.05) is 0 Å². The van der Waals surface area contributed by atoms with E-state index in [1.165, 1.54) is 30.9 Å². The Morgan fingerprint density at radius 2 is 1.68 bits per heavy atom. The van der Waals surface area contributed by atoms with Crippen molar-refractivity contribution in [3.63, 3.8) is 0 Å². The summed E-state index contributed by atoms with van der Waals surface area (Å²) in [5, 5.41) is 14.5. The van der Waals surface area contributed by atoms with E-state index in [9.17, 15) is 23.1 Å². The van der Waals surface area contributed by atoms with Gasteiger partial charge in [-0.25, -0.2) is 0 Å². The van der Waals surface area contributed by atoms with Crippen LogP contribution in [-0.4, -0.2) is 53.4 Å². The van der Waals surface area contributed by atoms with Gasteiger partial charge in [-0.2, -0.15) is 23.0 Å². The minimum Gasteiger partial charge on any atom is -0.497 e. The van der Waals surface area contributed by atoms with E-state index in [0.717, 1.165) is 36.7 Å². The molecule has 0 saturated carbocycles. The van der Waals surface area contributed by atoms with Crippen LogP contribution in [0.1, 0.15) is 18.4 Å². The lowest BCUT2D eigenvalue weighted by atomic mass is 10.1. The van der Waals surface area contributed by atoms with Crippen molar-refractivity contribution in [2.24, 2.45) is 0 Å². The highest BCUT2D eigenvalue weighted by Crippen LogP contribution is 2.37. The number of aromatic nitrogens is 3. The maximum absolute atomic E-state index is 14.2. The molecule has 0 radical (unpaired) electrons. The number of alkyl halides is 3. The van der Waals surface area contributed by atoms with E-state index in [0.29, 0.717) is 28.1 Å². The van der Waals surface area contributed by atoms with E-state index in [2.05, 4.69) is 5.10 Å². The average molecular weight is 529 g/mol. The van der Waals surface area contributed by atoms with Gasteiger partial charge in [0.05, 0.1) is 32.1 Å². The van der Waals surface area contributed by atoms with Crippen molar-refractivity contribution >= 4 is 16.6 Å². The van der Waals surface area contributed by atoms with Crippen molar-refractivity contribution < 1.29 is 27.8 Å². The fraction of sp³-hybridized carbons (Fsp3) is 0.333. The van der Waals surface area contributed by atoms with Gasteiger partial charge in [-0.15, -0.1) is 0 Å². The maximum Gasteiger partial charge on any atom is 0.418 e. The van der Waals surface area contributed by atoms with Crippen LogP contribution in [0.25, 0.3) is 27.8 Å². The fourth-order valence-corrected chi connectivity index (χ4v) is 4.92. The summed E-state index contributed by atoms with van der Waals surface area (Å²) >= 11 is 0. The zero-order valence-electron chi connectivity index (χ0n) is 21.0. The molecule has 0 bridgehead atoms. The van der Waals surface area contributed by atoms with Gasteiger partial charge in [-0.05, 0) is 49.2 Å². The molecule has 1 saturated heterocycles. The summed E-state index contributed by atoms with van der Waals surface area (Å²) < 4.78 is 55.8. The number of hydrogen-bond donors (Lipinski definition) is 1. The number of methoxy groups -OCH3 is 2. The topological polar surface area (TPSA) is 81.8 Å². The van der Waals surface area contributed by atoms with Gasteiger partial charge in [-0.3, -0.25) is 4.79 Å². The van der Waals surface area contributed by atoms with Crippen LogP contribution in [-0.2, 0) is 12.7 Å². The van der Waals surface area contributed by atoms with Gasteiger partial charge < -0.3 is 24.0 Å². The highest BCUT2D eigenvalue weighted by Gasteiger charge is 2.35. The zero-order chi connectivity index (χ0) is 27.0. The van der Waals surface area contributed by atoms with Crippen LogP contribution in [0.3, 0.4) is 0 Å². The van der Waals surface area contributed by atoms with Crippen LogP contribution in [0.5, 0.6) is 11.5 Å². The van der Waals surface area contributed by atoms with E-state index in [4.69, 9.17) is 9.47 Å². The third-order valence-electron chi connectivity index (χ3n) is 6.77. The van der Waals surface area contributed by atoms with Gasteiger partial charge in [0.25, 0.3) is 5.56 Å². The Morgan fingerprint density at radius 3 is 2.29 bits per heavy atom. The molecule has 0 aliphatic carbocycles. The summed E-state index contributed by atoms with van der Waals surface area (Å²) in [6.45, 7) is 1.27. The summed E-state index contributed by atoms with van der Waals surface area (Å²) in [5.41, 5.74) is -0.564. The number of anilines is 1. The summed E-state index contributed by atoms with van der Waals surface area (Å²) in [4.78, 5) is 15.8. The molecule has 0 spiro atoms. The van der Waals surface area contributed by atoms with Gasteiger partial charge in [0.1, 0.15) is 22.7 Å². The summed E-state index contributed by atoms with van der Waals surface area (Å²) in [6, 6.07) is 10.5. The number of aliphatic hydroxyl groups is 1. The molecule has 0 unspecified atom stereocenters. The van der Waals surface area contributed by atoms with Crippen molar-refractivity contribution in [3.05, 3.63) is 64.6 Å². The molecule has 0 atom stereocenters. The monoisotopic (exact) mass is 528 g/mol. The van der Waals surface area contributed by atoms with Crippen molar-refractivity contribution in [2.45, 2.75) is 25.6 Å². The van der Waals surface area contributed by atoms with Gasteiger partial charge in [0, 0.05) is 48.5 Å². The Labute approximate surface area is 216 Å². The second-order valence-electron chi connectivity index (χ2n) is 9.06. The average Bonchev–Trinajstić information content (AvgIpc) is 3.59. The number of rotatable bonds is 7. The molecule has 38 heavy (non-hydrogen) atoms. The molecule has 1 fully saturated rings. The number of benzene rings is 2. The van der Waals surface area contributed by atoms with Crippen LogP contribution >= 0.6 is 0 Å². The van der Waals surface area contributed by atoms with E-state index in [1.54, 1.807) is 30.5 Å². The lowest BCUT2D eigenvalue weighted by molar-refractivity contribution is -0.137. The molecule has 200 valence electrons. The van der Waals surface area contributed by atoms with E-state index in [-0.39, 0.29) is 30.0 Å². The number of halogens is 3. The first kappa shape index (κ1) is 25.7. The Kier molecular flexibility index (Phi) is 6.78. The predicted molar refractivity (Wildman–Crippen MR) is 137 cm³/mol. The largest absolute Gasteiger partial charge is 0.497 e. The van der Waals surface area contributed by atoms with Gasteiger partial charge in [0.2, 0.25) is 0 Å². The smallest absolute Gasteiger partial charge is 0.418 e. The summed E-state index contributed by atoms with van der Waals surface area (Å²) in [5.74, 6) is 0.905. The van der Waals surface area contributed by atoms with Crippen LogP contribution < -0.4 is 19.9 Å². The lowest BCUT2D eigenvalue weighted by Gasteiger charge is -2.22. The summed E-state index contributed by atoms with van der Waals surface area (Å²) in [6.07, 6.45) is -1.23. The number of nitrogens with zero attached hydrogens (tertiary/aromatic N) is 4. The molecule has 0 amide bonds. The molecule has 5 rings (SSSR count). The SMILES string of the molecule is COc1cc(OC)cc(-c2nn(-c3cc(N4CCCC4)ccc3C(F)(F)F)c(=O)c3c2ccn3CCO)c1. The molecular weight excluding hydrogens is 501 g/mol. The second kappa shape index (κ2) is 10.1. The molecule has 8 nitrogen and oxygen atoms in total. The first-order chi connectivity index (χ1) is 18.2. The van der Waals surface area contributed by atoms with Crippen molar-refractivity contribution in [2.75, 3.05) is 38.8 Å². The molecule has 2 aromatic carbocycles. The normalized spacial score (nSPS) is 13.9. The highest BCUT2D eigenvalue weighted by molar-refractivity contribution is 5.93. The van der Waals surface area contributed by atoms with E-state index in [1.807, 2.05) is 4.90 Å². The first-order valence-electron chi connectivity index (χ1n) is 12.2. The molecule has 1 aliphatic heterocycles. The predicted octanol–water partition coefficient (Wildman–Crippen LogP) is 4.48. The van der Waals surface area contributed by atoms with E-state index >= 15 is 0 Å². The van der Waals surface area contributed by atoms with Gasteiger partial charge in [0.15, 0.2) is 0 Å². The number of ether oxygens (including phenoxy) is 2. The standard InChI is InChI=1S/C27H27F3N4O4/c1-37-19-13-17(14-20(16-19)38-2)24-21-7-10-33(11-12-35)25(21)26(36)34(31-24)23-15-18(32-8-3-4-9-32)5-6-22(23)27(28,29)30/h5-7,10,13-16,35H,3-4,8-9,11-12H2,1-2H3. The number of fused-ring (bicyclic) bond motifs is 1. The molecule has 4 aromatic rings. The Morgan fingerprint density at radius 1 is 1.00 bits per heavy atom. The molecule has 3 heterocycles. The number of aliphatic hydroxyl groups excluding tert-OH is 1. The van der Waals surface area contributed by atoms with Crippen molar-refractivity contribution in [3.8, 4) is 28.4 Å². The van der Waals surface area contributed by atoms with Crippen molar-refractivity contribution in [1.29, 1.82) is 0 Å². The Hall–Kier alpha value is -3.99. The quantitative estimate of drug-likeness (QED) is 0.381. The summed E-state index contributed by atoms with van der Waals surface area (Å²) in [7, 11) is 2.97. The number of hydrogen-bond acceptors (Lipinski definition) is 6. The maximum atomic E-state index is 14.2. The molecule has 2 aromatic heterocycles. The van der Waals surface area contributed by atoms with Crippen LogP contribution in [0.4, 0.5) is 18.9 Å².